The molecule has 0 radical (unpaired) electrons. The third-order valence-corrected chi connectivity index (χ3v) is 2.75. The number of aromatic nitrogens is 1. The van der Waals surface area contributed by atoms with E-state index in [1.54, 1.807) is 22.6 Å². The van der Waals surface area contributed by atoms with Crippen LogP contribution in [-0.2, 0) is 6.54 Å². The number of carbonyl (C=O) groups is 1. The largest absolute Gasteiger partial charge is 0.573 e. The first-order valence-electron chi connectivity index (χ1n) is 3.97. The number of alkyl halides is 3. The van der Waals surface area contributed by atoms with Crippen LogP contribution >= 0.6 is 22.6 Å². The minimum absolute atomic E-state index is 0.0184. The topological polar surface area (TPSA) is 65.2 Å². The van der Waals surface area contributed by atoms with Gasteiger partial charge >= 0.3 is 6.36 Å². The average Bonchev–Trinajstić information content (AvgIpc) is 2.19. The van der Waals surface area contributed by atoms with E-state index >= 15 is 0 Å². The Morgan fingerprint density at radius 2 is 2.19 bits per heavy atom. The van der Waals surface area contributed by atoms with Crippen LogP contribution in [0.1, 0.15) is 16.1 Å². The predicted molar refractivity (Wildman–Crippen MR) is 56.9 cm³/mol. The molecule has 1 heterocycles. The molecule has 0 aliphatic rings. The van der Waals surface area contributed by atoms with Crippen molar-refractivity contribution in [3.8, 4) is 5.75 Å². The molecular formula is C8H6F3IN2O2. The molecule has 0 spiro atoms. The number of hydrogen-bond donors (Lipinski definition) is 1. The lowest BCUT2D eigenvalue weighted by atomic mass is 10.2. The molecule has 1 aromatic rings. The Morgan fingerprint density at radius 1 is 1.56 bits per heavy atom. The highest BCUT2D eigenvalue weighted by Gasteiger charge is 2.32. The van der Waals surface area contributed by atoms with E-state index in [1.807, 2.05) is 0 Å². The van der Waals surface area contributed by atoms with Crippen LogP contribution < -0.4 is 10.5 Å². The highest BCUT2D eigenvalue weighted by molar-refractivity contribution is 14.1. The molecular weight excluding hydrogens is 340 g/mol. The molecule has 0 bridgehead atoms. The molecule has 1 rings (SSSR count). The van der Waals surface area contributed by atoms with Crippen molar-refractivity contribution in [2.75, 3.05) is 0 Å². The number of pyridine rings is 1. The Bertz CT molecular complexity index is 409. The zero-order valence-corrected chi connectivity index (χ0v) is 9.87. The average molecular weight is 346 g/mol. The maximum atomic E-state index is 12.0. The van der Waals surface area contributed by atoms with Gasteiger partial charge in [-0.05, 0) is 22.6 Å². The van der Waals surface area contributed by atoms with E-state index in [4.69, 9.17) is 5.73 Å². The van der Waals surface area contributed by atoms with Gasteiger partial charge in [0, 0.05) is 6.54 Å². The van der Waals surface area contributed by atoms with Crippen molar-refractivity contribution in [2.45, 2.75) is 12.9 Å². The number of ether oxygens (including phenoxy) is 1. The van der Waals surface area contributed by atoms with E-state index in [-0.39, 0.29) is 21.4 Å². The highest BCUT2D eigenvalue weighted by atomic mass is 127. The Morgan fingerprint density at radius 3 is 2.62 bits per heavy atom. The summed E-state index contributed by atoms with van der Waals surface area (Å²) in [5.74, 6) is -0.507. The van der Waals surface area contributed by atoms with Gasteiger partial charge in [-0.2, -0.15) is 0 Å². The summed E-state index contributed by atoms with van der Waals surface area (Å²) >= 11 is 1.58. The minimum atomic E-state index is -4.81. The van der Waals surface area contributed by atoms with Crippen LogP contribution in [0.4, 0.5) is 13.2 Å². The lowest BCUT2D eigenvalue weighted by Crippen LogP contribution is -2.19. The number of halogens is 4. The van der Waals surface area contributed by atoms with Crippen molar-refractivity contribution < 1.29 is 22.7 Å². The summed E-state index contributed by atoms with van der Waals surface area (Å²) in [6.07, 6.45) is -3.52. The fourth-order valence-electron chi connectivity index (χ4n) is 1.00. The van der Waals surface area contributed by atoms with Gasteiger partial charge in [0.25, 0.3) is 0 Å². The molecule has 16 heavy (non-hydrogen) atoms. The molecule has 0 unspecified atom stereocenters. The van der Waals surface area contributed by atoms with Crippen molar-refractivity contribution in [1.29, 1.82) is 0 Å². The van der Waals surface area contributed by atoms with Crippen molar-refractivity contribution in [3.63, 3.8) is 0 Å². The molecule has 0 aromatic carbocycles. The van der Waals surface area contributed by atoms with E-state index < -0.39 is 12.1 Å². The molecule has 0 atom stereocenters. The van der Waals surface area contributed by atoms with Gasteiger partial charge in [0.1, 0.15) is 0 Å². The van der Waals surface area contributed by atoms with E-state index in [9.17, 15) is 18.0 Å². The van der Waals surface area contributed by atoms with E-state index in [2.05, 4.69) is 9.72 Å². The molecule has 2 N–H and O–H groups in total. The third kappa shape index (κ3) is 3.04. The molecule has 8 heteroatoms. The fourth-order valence-corrected chi connectivity index (χ4v) is 1.69. The van der Waals surface area contributed by atoms with Gasteiger partial charge in [-0.1, -0.05) is 0 Å². The van der Waals surface area contributed by atoms with E-state index in [0.29, 0.717) is 6.29 Å². The van der Waals surface area contributed by atoms with Crippen LogP contribution in [-0.4, -0.2) is 17.6 Å². The molecule has 0 aliphatic heterocycles. The molecule has 1 aromatic heterocycles. The second-order valence-electron chi connectivity index (χ2n) is 2.67. The first-order valence-corrected chi connectivity index (χ1v) is 5.05. The van der Waals surface area contributed by atoms with Gasteiger partial charge in [0.2, 0.25) is 0 Å². The highest BCUT2D eigenvalue weighted by Crippen LogP contribution is 2.29. The van der Waals surface area contributed by atoms with Crippen LogP contribution in [0.15, 0.2) is 6.20 Å². The second-order valence-corrected chi connectivity index (χ2v) is 3.75. The molecule has 4 nitrogen and oxygen atoms in total. The Labute approximate surface area is 102 Å². The second kappa shape index (κ2) is 4.95. The third-order valence-electron chi connectivity index (χ3n) is 1.64. The SMILES string of the molecule is NCc1ncc(OC(F)(F)F)c(I)c1C=O. The van der Waals surface area contributed by atoms with Gasteiger partial charge in [-0.15, -0.1) is 13.2 Å². The predicted octanol–water partition coefficient (Wildman–Crippen LogP) is 1.86. The van der Waals surface area contributed by atoms with Crippen LogP contribution in [0.25, 0.3) is 0 Å². The zero-order chi connectivity index (χ0) is 12.3. The lowest BCUT2D eigenvalue weighted by molar-refractivity contribution is -0.275. The zero-order valence-electron chi connectivity index (χ0n) is 7.71. The number of aldehydes is 1. The van der Waals surface area contributed by atoms with Crippen LogP contribution in [0, 0.1) is 3.57 Å². The van der Waals surface area contributed by atoms with Gasteiger partial charge in [0.05, 0.1) is 21.0 Å². The number of rotatable bonds is 3. The van der Waals surface area contributed by atoms with Crippen molar-refractivity contribution in [3.05, 3.63) is 21.0 Å². The van der Waals surface area contributed by atoms with Crippen LogP contribution in [0.3, 0.4) is 0 Å². The van der Waals surface area contributed by atoms with E-state index in [1.165, 1.54) is 0 Å². The fraction of sp³-hybridized carbons (Fsp3) is 0.250. The van der Waals surface area contributed by atoms with Crippen molar-refractivity contribution in [2.24, 2.45) is 5.73 Å². The normalized spacial score (nSPS) is 11.3. The summed E-state index contributed by atoms with van der Waals surface area (Å²) in [5, 5.41) is 0. The van der Waals surface area contributed by atoms with Crippen molar-refractivity contribution in [1.82, 2.24) is 4.98 Å². The monoisotopic (exact) mass is 346 g/mol. The Kier molecular flexibility index (Phi) is 4.08. The smallest absolute Gasteiger partial charge is 0.403 e. The first-order chi connectivity index (χ1) is 7.39. The van der Waals surface area contributed by atoms with E-state index in [0.717, 1.165) is 6.20 Å². The maximum Gasteiger partial charge on any atom is 0.573 e. The molecule has 0 amide bonds. The van der Waals surface area contributed by atoms with Crippen LogP contribution in [0.2, 0.25) is 0 Å². The molecule has 0 aliphatic carbocycles. The van der Waals surface area contributed by atoms with Gasteiger partial charge in [0.15, 0.2) is 12.0 Å². The van der Waals surface area contributed by atoms with Gasteiger partial charge < -0.3 is 10.5 Å². The first kappa shape index (κ1) is 13.2. The summed E-state index contributed by atoms with van der Waals surface area (Å²) < 4.78 is 39.7. The summed E-state index contributed by atoms with van der Waals surface area (Å²) in [6, 6.07) is 0. The molecule has 0 saturated carbocycles. The number of carbonyl (C=O) groups excluding carboxylic acids is 1. The van der Waals surface area contributed by atoms with Crippen LogP contribution in [0.5, 0.6) is 5.75 Å². The Hall–Kier alpha value is -0.900. The number of nitrogens with zero attached hydrogens (tertiary/aromatic N) is 1. The summed E-state index contributed by atoms with van der Waals surface area (Å²) in [4.78, 5) is 14.3. The molecule has 0 saturated heterocycles. The summed E-state index contributed by atoms with van der Waals surface area (Å²) in [5.41, 5.74) is 5.53. The van der Waals surface area contributed by atoms with Crippen molar-refractivity contribution >= 4 is 28.9 Å². The quantitative estimate of drug-likeness (QED) is 0.670. The van der Waals surface area contributed by atoms with Gasteiger partial charge in [-0.25, -0.2) is 0 Å². The molecule has 88 valence electrons. The summed E-state index contributed by atoms with van der Waals surface area (Å²) in [7, 11) is 0. The summed E-state index contributed by atoms with van der Waals surface area (Å²) in [6.45, 7) is -0.0314. The van der Waals surface area contributed by atoms with Gasteiger partial charge in [-0.3, -0.25) is 9.78 Å². The standard InChI is InChI=1S/C8H6F3IN2O2/c9-8(10,11)16-6-2-14-5(1-13)4(3-15)7(6)12/h2-3H,1,13H2. The lowest BCUT2D eigenvalue weighted by Gasteiger charge is -2.12. The Balaban J connectivity index is 3.19. The maximum absolute atomic E-state index is 12.0. The number of nitrogens with two attached hydrogens (primary N) is 1. The minimum Gasteiger partial charge on any atom is -0.403 e. The number of hydrogen-bond acceptors (Lipinski definition) is 4. The molecule has 0 fully saturated rings.